The van der Waals surface area contributed by atoms with E-state index in [1.165, 1.54) is 34.2 Å². The Balaban J connectivity index is 2.02. The first-order valence-corrected chi connectivity index (χ1v) is 8.17. The van der Waals surface area contributed by atoms with Crippen molar-refractivity contribution in [3.63, 3.8) is 0 Å². The zero-order valence-corrected chi connectivity index (χ0v) is 14.9. The zero-order valence-electron chi connectivity index (χ0n) is 14.1. The molecular formula is C16H23N3O4S. The van der Waals surface area contributed by atoms with Gasteiger partial charge in [-0.3, -0.25) is 15.6 Å². The number of amides is 1. The van der Waals surface area contributed by atoms with Gasteiger partial charge in [0.05, 0.1) is 26.9 Å². The molecule has 1 aliphatic rings. The Morgan fingerprint density at radius 3 is 2.29 bits per heavy atom. The summed E-state index contributed by atoms with van der Waals surface area (Å²) in [5.41, 5.74) is 5.60. The molecule has 1 fully saturated rings. The van der Waals surface area contributed by atoms with Crippen molar-refractivity contribution in [2.75, 3.05) is 21.3 Å². The van der Waals surface area contributed by atoms with E-state index in [1.807, 2.05) is 0 Å². The molecule has 1 aromatic carbocycles. The Bertz CT molecular complexity index is 603. The van der Waals surface area contributed by atoms with Gasteiger partial charge >= 0.3 is 0 Å². The number of carbonyl (C=O) groups is 1. The van der Waals surface area contributed by atoms with Crippen LogP contribution in [0.5, 0.6) is 17.2 Å². The Morgan fingerprint density at radius 2 is 1.71 bits per heavy atom. The van der Waals surface area contributed by atoms with Crippen molar-refractivity contribution in [2.45, 2.75) is 31.7 Å². The van der Waals surface area contributed by atoms with Crippen molar-refractivity contribution in [1.82, 2.24) is 16.2 Å². The SMILES string of the molecule is COc1ccc(C(=O)NNC(=S)NC2CCCC2)c(OC)c1OC. The number of hydrogen-bond donors (Lipinski definition) is 3. The molecule has 0 bridgehead atoms. The van der Waals surface area contributed by atoms with Crippen LogP contribution in [-0.2, 0) is 0 Å². The lowest BCUT2D eigenvalue weighted by molar-refractivity contribution is 0.0939. The van der Waals surface area contributed by atoms with Crippen LogP contribution < -0.4 is 30.4 Å². The maximum absolute atomic E-state index is 12.4. The van der Waals surface area contributed by atoms with E-state index >= 15 is 0 Å². The van der Waals surface area contributed by atoms with Crippen molar-refractivity contribution >= 4 is 23.2 Å². The highest BCUT2D eigenvalue weighted by molar-refractivity contribution is 7.80. The number of nitrogens with one attached hydrogen (secondary N) is 3. The maximum atomic E-state index is 12.4. The van der Waals surface area contributed by atoms with E-state index in [1.54, 1.807) is 12.1 Å². The topological polar surface area (TPSA) is 80.9 Å². The van der Waals surface area contributed by atoms with E-state index in [0.29, 0.717) is 34.0 Å². The highest BCUT2D eigenvalue weighted by Gasteiger charge is 2.21. The van der Waals surface area contributed by atoms with Crippen LogP contribution in [0, 0.1) is 0 Å². The first kappa shape index (κ1) is 18.1. The Labute approximate surface area is 147 Å². The molecule has 2 rings (SSSR count). The van der Waals surface area contributed by atoms with Gasteiger partial charge in [-0.15, -0.1) is 0 Å². The quantitative estimate of drug-likeness (QED) is 0.550. The smallest absolute Gasteiger partial charge is 0.273 e. The van der Waals surface area contributed by atoms with Crippen LogP contribution in [0.15, 0.2) is 12.1 Å². The molecule has 8 heteroatoms. The van der Waals surface area contributed by atoms with Gasteiger partial charge in [0.25, 0.3) is 5.91 Å². The van der Waals surface area contributed by atoms with Gasteiger partial charge in [0.2, 0.25) is 5.75 Å². The number of ether oxygens (including phenoxy) is 3. The zero-order chi connectivity index (χ0) is 17.5. The van der Waals surface area contributed by atoms with E-state index in [-0.39, 0.29) is 5.91 Å². The van der Waals surface area contributed by atoms with Crippen LogP contribution >= 0.6 is 12.2 Å². The highest BCUT2D eigenvalue weighted by atomic mass is 32.1. The molecule has 132 valence electrons. The molecule has 0 spiro atoms. The second-order valence-electron chi connectivity index (χ2n) is 5.42. The van der Waals surface area contributed by atoms with Gasteiger partial charge in [0.1, 0.15) is 0 Å². The summed E-state index contributed by atoms with van der Waals surface area (Å²) in [4.78, 5) is 12.4. The molecule has 0 atom stereocenters. The first-order chi connectivity index (χ1) is 11.6. The molecule has 24 heavy (non-hydrogen) atoms. The Morgan fingerprint density at radius 1 is 1.04 bits per heavy atom. The van der Waals surface area contributed by atoms with E-state index in [9.17, 15) is 4.79 Å². The van der Waals surface area contributed by atoms with Crippen molar-refractivity contribution in [2.24, 2.45) is 0 Å². The average molecular weight is 353 g/mol. The number of carbonyl (C=O) groups excluding carboxylic acids is 1. The second kappa shape index (κ2) is 8.58. The molecule has 0 aliphatic heterocycles. The summed E-state index contributed by atoms with van der Waals surface area (Å²) in [6.07, 6.45) is 4.60. The normalized spacial score (nSPS) is 14.0. The largest absolute Gasteiger partial charge is 0.493 e. The van der Waals surface area contributed by atoms with Gasteiger partial charge in [0, 0.05) is 6.04 Å². The van der Waals surface area contributed by atoms with Gasteiger partial charge in [-0.2, -0.15) is 0 Å². The van der Waals surface area contributed by atoms with Gasteiger partial charge in [-0.05, 0) is 37.2 Å². The summed E-state index contributed by atoms with van der Waals surface area (Å²) in [5.74, 6) is 0.755. The number of hydrogen-bond acceptors (Lipinski definition) is 5. The summed E-state index contributed by atoms with van der Waals surface area (Å²) in [7, 11) is 4.47. The van der Waals surface area contributed by atoms with Crippen LogP contribution in [0.1, 0.15) is 36.0 Å². The fourth-order valence-electron chi connectivity index (χ4n) is 2.75. The maximum Gasteiger partial charge on any atom is 0.273 e. The van der Waals surface area contributed by atoms with E-state index < -0.39 is 0 Å². The summed E-state index contributed by atoms with van der Waals surface area (Å²) in [6.45, 7) is 0. The molecule has 0 radical (unpaired) electrons. The number of thiocarbonyl (C=S) groups is 1. The monoisotopic (exact) mass is 353 g/mol. The van der Waals surface area contributed by atoms with Crippen molar-refractivity contribution in [3.8, 4) is 17.2 Å². The summed E-state index contributed by atoms with van der Waals surface area (Å²) < 4.78 is 15.8. The second-order valence-corrected chi connectivity index (χ2v) is 5.82. The van der Waals surface area contributed by atoms with Gasteiger partial charge in [-0.1, -0.05) is 12.8 Å². The number of rotatable bonds is 5. The number of hydrazine groups is 1. The van der Waals surface area contributed by atoms with Crippen LogP contribution in [0.25, 0.3) is 0 Å². The molecule has 0 unspecified atom stereocenters. The summed E-state index contributed by atoms with van der Waals surface area (Å²) >= 11 is 5.20. The summed E-state index contributed by atoms with van der Waals surface area (Å²) in [5, 5.41) is 3.58. The standard InChI is InChI=1S/C16H23N3O4S/c1-21-12-9-8-11(13(22-2)14(12)23-3)15(20)18-19-16(24)17-10-6-4-5-7-10/h8-10H,4-7H2,1-3H3,(H,18,20)(H2,17,19,24). The molecule has 3 N–H and O–H groups in total. The Kier molecular flexibility index (Phi) is 6.48. The van der Waals surface area contributed by atoms with E-state index in [0.717, 1.165) is 12.8 Å². The van der Waals surface area contributed by atoms with Crippen LogP contribution in [0.4, 0.5) is 0 Å². The van der Waals surface area contributed by atoms with Crippen molar-refractivity contribution < 1.29 is 19.0 Å². The fraction of sp³-hybridized carbons (Fsp3) is 0.500. The first-order valence-electron chi connectivity index (χ1n) is 7.76. The minimum atomic E-state index is -0.386. The fourth-order valence-corrected chi connectivity index (χ4v) is 2.97. The molecule has 0 heterocycles. The van der Waals surface area contributed by atoms with Gasteiger partial charge < -0.3 is 19.5 Å². The third-order valence-electron chi connectivity index (χ3n) is 3.93. The summed E-state index contributed by atoms with van der Waals surface area (Å²) in [6, 6.07) is 3.62. The lowest BCUT2D eigenvalue weighted by Crippen LogP contribution is -2.49. The van der Waals surface area contributed by atoms with Crippen LogP contribution in [-0.4, -0.2) is 38.4 Å². The van der Waals surface area contributed by atoms with Crippen LogP contribution in [0.2, 0.25) is 0 Å². The third-order valence-corrected chi connectivity index (χ3v) is 4.15. The molecule has 1 saturated carbocycles. The Hall–Kier alpha value is -2.22. The minimum Gasteiger partial charge on any atom is -0.493 e. The molecule has 0 saturated heterocycles. The van der Waals surface area contributed by atoms with Crippen molar-refractivity contribution in [1.29, 1.82) is 0 Å². The lowest BCUT2D eigenvalue weighted by atomic mass is 10.1. The average Bonchev–Trinajstić information content (AvgIpc) is 3.10. The van der Waals surface area contributed by atoms with E-state index in [2.05, 4.69) is 16.2 Å². The minimum absolute atomic E-state index is 0.297. The molecular weight excluding hydrogens is 330 g/mol. The van der Waals surface area contributed by atoms with Crippen LogP contribution in [0.3, 0.4) is 0 Å². The predicted octanol–water partition coefficient (Wildman–Crippen LogP) is 1.76. The van der Waals surface area contributed by atoms with Gasteiger partial charge in [-0.25, -0.2) is 0 Å². The third kappa shape index (κ3) is 4.19. The number of methoxy groups -OCH3 is 3. The molecule has 7 nitrogen and oxygen atoms in total. The number of benzene rings is 1. The molecule has 0 aromatic heterocycles. The van der Waals surface area contributed by atoms with E-state index in [4.69, 9.17) is 26.4 Å². The predicted molar refractivity (Wildman–Crippen MR) is 94.7 cm³/mol. The molecule has 1 amide bonds. The van der Waals surface area contributed by atoms with Gasteiger partial charge in [0.15, 0.2) is 16.6 Å². The highest BCUT2D eigenvalue weighted by Crippen LogP contribution is 2.39. The molecule has 1 aliphatic carbocycles. The lowest BCUT2D eigenvalue weighted by Gasteiger charge is -2.18. The molecule has 1 aromatic rings. The van der Waals surface area contributed by atoms with Crippen molar-refractivity contribution in [3.05, 3.63) is 17.7 Å².